The number of thiocarbonyl (C=S) groups is 1. The zero-order chi connectivity index (χ0) is 18.5. The van der Waals surface area contributed by atoms with E-state index in [9.17, 15) is 4.39 Å². The van der Waals surface area contributed by atoms with Crippen LogP contribution in [0, 0.1) is 5.82 Å². The van der Waals surface area contributed by atoms with Gasteiger partial charge in [0.05, 0.1) is 0 Å². The molecule has 2 aromatic carbocycles. The van der Waals surface area contributed by atoms with E-state index in [4.69, 9.17) is 23.8 Å². The first kappa shape index (κ1) is 19.1. The molecular formula is C20H23ClFN3S. The largest absolute Gasteiger partial charge is 0.346 e. The molecule has 0 spiro atoms. The number of nitrogens with one attached hydrogen (secondary N) is 1. The summed E-state index contributed by atoms with van der Waals surface area (Å²) in [4.78, 5) is 4.52. The predicted molar refractivity (Wildman–Crippen MR) is 110 cm³/mol. The van der Waals surface area contributed by atoms with Crippen molar-refractivity contribution in [3.05, 3.63) is 64.4 Å². The van der Waals surface area contributed by atoms with Gasteiger partial charge in [-0.05, 0) is 48.0 Å². The second-order valence-corrected chi connectivity index (χ2v) is 7.23. The number of hydrogen-bond donors (Lipinski definition) is 1. The summed E-state index contributed by atoms with van der Waals surface area (Å²) in [5, 5.41) is 4.64. The summed E-state index contributed by atoms with van der Waals surface area (Å²) in [5.74, 6) is -0.299. The Balaban J connectivity index is 1.54. The number of hydrogen-bond acceptors (Lipinski definition) is 2. The molecule has 3 rings (SSSR count). The fourth-order valence-corrected chi connectivity index (χ4v) is 3.66. The number of para-hydroxylation sites is 1. The Morgan fingerprint density at radius 3 is 2.54 bits per heavy atom. The maximum Gasteiger partial charge on any atom is 0.173 e. The summed E-state index contributed by atoms with van der Waals surface area (Å²) < 4.78 is 13.2. The number of anilines is 1. The molecule has 138 valence electrons. The van der Waals surface area contributed by atoms with Crippen LogP contribution in [0.2, 0.25) is 5.02 Å². The Morgan fingerprint density at radius 2 is 1.85 bits per heavy atom. The van der Waals surface area contributed by atoms with E-state index < -0.39 is 0 Å². The van der Waals surface area contributed by atoms with E-state index in [-0.39, 0.29) is 5.82 Å². The van der Waals surface area contributed by atoms with Gasteiger partial charge in [-0.25, -0.2) is 4.39 Å². The lowest BCUT2D eigenvalue weighted by Crippen LogP contribution is -2.49. The zero-order valence-corrected chi connectivity index (χ0v) is 16.4. The fourth-order valence-electron chi connectivity index (χ4n) is 3.14. The maximum atomic E-state index is 13.2. The molecule has 26 heavy (non-hydrogen) atoms. The lowest BCUT2D eigenvalue weighted by Gasteiger charge is -2.36. The van der Waals surface area contributed by atoms with E-state index in [2.05, 4.69) is 34.2 Å². The number of rotatable bonds is 4. The van der Waals surface area contributed by atoms with Gasteiger partial charge in [0.1, 0.15) is 5.82 Å². The summed E-state index contributed by atoms with van der Waals surface area (Å²) >= 11 is 11.7. The van der Waals surface area contributed by atoms with Crippen LogP contribution in [0.3, 0.4) is 0 Å². The van der Waals surface area contributed by atoms with Crippen molar-refractivity contribution in [3.63, 3.8) is 0 Å². The van der Waals surface area contributed by atoms with E-state index in [1.165, 1.54) is 17.7 Å². The Hall–Kier alpha value is -1.69. The van der Waals surface area contributed by atoms with Crippen molar-refractivity contribution < 1.29 is 4.39 Å². The monoisotopic (exact) mass is 391 g/mol. The number of piperazine rings is 1. The zero-order valence-electron chi connectivity index (χ0n) is 14.8. The van der Waals surface area contributed by atoms with Crippen molar-refractivity contribution in [1.29, 1.82) is 0 Å². The third kappa shape index (κ3) is 4.72. The number of aryl methyl sites for hydroxylation is 1. The molecule has 0 amide bonds. The molecule has 0 unspecified atom stereocenters. The van der Waals surface area contributed by atoms with Crippen molar-refractivity contribution >= 4 is 34.6 Å². The smallest absolute Gasteiger partial charge is 0.173 e. The van der Waals surface area contributed by atoms with Gasteiger partial charge in [-0.3, -0.25) is 4.90 Å². The number of nitrogens with zero attached hydrogens (tertiary/aromatic N) is 2. The van der Waals surface area contributed by atoms with Gasteiger partial charge >= 0.3 is 0 Å². The molecule has 0 radical (unpaired) electrons. The highest BCUT2D eigenvalue weighted by molar-refractivity contribution is 7.80. The lowest BCUT2D eigenvalue weighted by molar-refractivity contribution is 0.177. The van der Waals surface area contributed by atoms with Crippen LogP contribution in [0.4, 0.5) is 10.1 Å². The Bertz CT molecular complexity index is 775. The molecule has 0 saturated carbocycles. The SMILES string of the molecule is CCc1ccccc1NC(=S)N1CCN(Cc2ccc(F)cc2Cl)CC1. The highest BCUT2D eigenvalue weighted by Gasteiger charge is 2.20. The highest BCUT2D eigenvalue weighted by atomic mass is 35.5. The molecule has 0 bridgehead atoms. The molecule has 0 aromatic heterocycles. The summed E-state index contributed by atoms with van der Waals surface area (Å²) in [6, 6.07) is 12.9. The third-order valence-corrected chi connectivity index (χ3v) is 5.42. The Kier molecular flexibility index (Phi) is 6.46. The first-order valence-electron chi connectivity index (χ1n) is 8.87. The summed E-state index contributed by atoms with van der Waals surface area (Å²) in [6.07, 6.45) is 0.970. The Labute approximate surface area is 164 Å². The van der Waals surface area contributed by atoms with Gasteiger partial charge in [0.15, 0.2) is 5.11 Å². The second-order valence-electron chi connectivity index (χ2n) is 6.44. The van der Waals surface area contributed by atoms with Crippen LogP contribution in [0.1, 0.15) is 18.1 Å². The van der Waals surface area contributed by atoms with E-state index >= 15 is 0 Å². The minimum absolute atomic E-state index is 0.299. The van der Waals surface area contributed by atoms with Crippen molar-refractivity contribution in [2.45, 2.75) is 19.9 Å². The second kappa shape index (κ2) is 8.80. The first-order valence-corrected chi connectivity index (χ1v) is 9.65. The molecule has 3 nitrogen and oxygen atoms in total. The van der Waals surface area contributed by atoms with Gasteiger partial charge in [-0.1, -0.05) is 42.8 Å². The van der Waals surface area contributed by atoms with Gasteiger partial charge in [0.25, 0.3) is 0 Å². The van der Waals surface area contributed by atoms with E-state index in [0.717, 1.165) is 55.5 Å². The molecule has 0 atom stereocenters. The lowest BCUT2D eigenvalue weighted by atomic mass is 10.1. The topological polar surface area (TPSA) is 18.5 Å². The van der Waals surface area contributed by atoms with Crippen molar-refractivity contribution in [3.8, 4) is 0 Å². The average molecular weight is 392 g/mol. The van der Waals surface area contributed by atoms with Crippen LogP contribution in [0.5, 0.6) is 0 Å². The fraction of sp³-hybridized carbons (Fsp3) is 0.350. The van der Waals surface area contributed by atoms with Gasteiger partial charge in [0.2, 0.25) is 0 Å². The summed E-state index contributed by atoms with van der Waals surface area (Å²) in [6.45, 7) is 6.38. The van der Waals surface area contributed by atoms with Gasteiger partial charge in [0, 0.05) is 43.4 Å². The van der Waals surface area contributed by atoms with Crippen LogP contribution in [0.25, 0.3) is 0 Å². The van der Waals surface area contributed by atoms with Crippen LogP contribution in [-0.2, 0) is 13.0 Å². The molecule has 1 N–H and O–H groups in total. The standard InChI is InChI=1S/C20H23ClFN3S/c1-2-15-5-3-4-6-19(15)23-20(26)25-11-9-24(10-12-25)14-16-7-8-17(22)13-18(16)21/h3-8,13H,2,9-12,14H2,1H3,(H,23,26). The van der Waals surface area contributed by atoms with Crippen molar-refractivity contribution in [1.82, 2.24) is 9.80 Å². The van der Waals surface area contributed by atoms with E-state index in [1.807, 2.05) is 12.1 Å². The molecule has 0 aliphatic carbocycles. The molecule has 1 heterocycles. The van der Waals surface area contributed by atoms with Gasteiger partial charge in [-0.15, -0.1) is 0 Å². The van der Waals surface area contributed by atoms with E-state index in [0.29, 0.717) is 5.02 Å². The predicted octanol–water partition coefficient (Wildman–Crippen LogP) is 4.56. The average Bonchev–Trinajstić information content (AvgIpc) is 2.65. The molecule has 1 aliphatic rings. The summed E-state index contributed by atoms with van der Waals surface area (Å²) in [5.41, 5.74) is 3.30. The van der Waals surface area contributed by atoms with Crippen LogP contribution in [-0.4, -0.2) is 41.1 Å². The molecule has 1 fully saturated rings. The molecule has 1 aliphatic heterocycles. The van der Waals surface area contributed by atoms with Crippen LogP contribution < -0.4 is 5.32 Å². The minimum atomic E-state index is -0.299. The van der Waals surface area contributed by atoms with Crippen LogP contribution >= 0.6 is 23.8 Å². The van der Waals surface area contributed by atoms with Crippen LogP contribution in [0.15, 0.2) is 42.5 Å². The molecule has 6 heteroatoms. The summed E-state index contributed by atoms with van der Waals surface area (Å²) in [7, 11) is 0. The van der Waals surface area contributed by atoms with Gasteiger partial charge in [-0.2, -0.15) is 0 Å². The minimum Gasteiger partial charge on any atom is -0.346 e. The van der Waals surface area contributed by atoms with Crippen molar-refractivity contribution in [2.75, 3.05) is 31.5 Å². The quantitative estimate of drug-likeness (QED) is 0.770. The normalized spacial score (nSPS) is 15.1. The molecular weight excluding hydrogens is 369 g/mol. The van der Waals surface area contributed by atoms with E-state index in [1.54, 1.807) is 6.07 Å². The number of benzene rings is 2. The number of halogens is 2. The van der Waals surface area contributed by atoms with Crippen molar-refractivity contribution in [2.24, 2.45) is 0 Å². The molecule has 1 saturated heterocycles. The Morgan fingerprint density at radius 1 is 1.12 bits per heavy atom. The molecule has 2 aromatic rings. The highest BCUT2D eigenvalue weighted by Crippen LogP contribution is 2.20. The maximum absolute atomic E-state index is 13.2. The van der Waals surface area contributed by atoms with Gasteiger partial charge < -0.3 is 10.2 Å². The first-order chi connectivity index (χ1) is 12.6. The third-order valence-electron chi connectivity index (χ3n) is 4.71.